The van der Waals surface area contributed by atoms with Crippen molar-refractivity contribution in [1.82, 2.24) is 5.32 Å². The summed E-state index contributed by atoms with van der Waals surface area (Å²) in [6.45, 7) is 1.32. The van der Waals surface area contributed by atoms with Crippen LogP contribution >= 0.6 is 0 Å². The predicted molar refractivity (Wildman–Crippen MR) is 33.8 cm³/mol. The van der Waals surface area contributed by atoms with Crippen LogP contribution in [0.1, 0.15) is 0 Å². The van der Waals surface area contributed by atoms with E-state index in [1.807, 2.05) is 7.05 Å². The quantitative estimate of drug-likeness (QED) is 0.507. The normalized spacial score (nSPS) is 13.9. The van der Waals surface area contributed by atoms with Gasteiger partial charge in [-0.3, -0.25) is 0 Å². The summed E-state index contributed by atoms with van der Waals surface area (Å²) in [5.41, 5.74) is 5.33. The first-order chi connectivity index (χ1) is 3.85. The van der Waals surface area contributed by atoms with Gasteiger partial charge in [-0.15, -0.1) is 0 Å². The maximum absolute atomic E-state index is 5.33. The fourth-order valence-electron chi connectivity index (χ4n) is 0.470. The summed E-state index contributed by atoms with van der Waals surface area (Å²) >= 11 is 0. The van der Waals surface area contributed by atoms with Crippen molar-refractivity contribution >= 4 is 0 Å². The summed E-state index contributed by atoms with van der Waals surface area (Å²) in [6, 6.07) is 0.306. The molecule has 0 aliphatic carbocycles. The van der Waals surface area contributed by atoms with Gasteiger partial charge in [0, 0.05) is 19.7 Å². The Hall–Kier alpha value is -0.120. The minimum atomic E-state index is 0.306. The van der Waals surface area contributed by atoms with E-state index >= 15 is 0 Å². The Morgan fingerprint density at radius 1 is 1.75 bits per heavy atom. The van der Waals surface area contributed by atoms with Crippen molar-refractivity contribution in [2.45, 2.75) is 6.04 Å². The second-order valence-corrected chi connectivity index (χ2v) is 1.68. The highest BCUT2D eigenvalue weighted by Crippen LogP contribution is 1.76. The second kappa shape index (κ2) is 5.03. The lowest BCUT2D eigenvalue weighted by molar-refractivity contribution is 0.172. The molecule has 0 fully saturated rings. The first-order valence-electron chi connectivity index (χ1n) is 2.71. The molecule has 0 aromatic rings. The number of methoxy groups -OCH3 is 1. The van der Waals surface area contributed by atoms with Crippen molar-refractivity contribution in [1.29, 1.82) is 0 Å². The Labute approximate surface area is 50.2 Å². The van der Waals surface area contributed by atoms with Gasteiger partial charge in [-0.1, -0.05) is 0 Å². The molecule has 1 unspecified atom stereocenters. The van der Waals surface area contributed by atoms with Gasteiger partial charge in [0.25, 0.3) is 0 Å². The average Bonchev–Trinajstić information content (AvgIpc) is 1.83. The zero-order valence-electron chi connectivity index (χ0n) is 5.48. The molecule has 50 valence electrons. The topological polar surface area (TPSA) is 47.3 Å². The van der Waals surface area contributed by atoms with Gasteiger partial charge in [0.2, 0.25) is 0 Å². The third-order valence-electron chi connectivity index (χ3n) is 1.06. The lowest BCUT2D eigenvalue weighted by atomic mass is 10.3. The zero-order valence-corrected chi connectivity index (χ0v) is 5.48. The molecule has 0 rings (SSSR count). The van der Waals surface area contributed by atoms with E-state index in [1.165, 1.54) is 0 Å². The molecule has 0 aromatic carbocycles. The van der Waals surface area contributed by atoms with Crippen LogP contribution in [-0.4, -0.2) is 33.4 Å². The molecule has 0 spiro atoms. The van der Waals surface area contributed by atoms with E-state index < -0.39 is 0 Å². The number of nitrogens with two attached hydrogens (primary N) is 1. The molecule has 0 heterocycles. The summed E-state index contributed by atoms with van der Waals surface area (Å²) in [7, 11) is 3.54. The van der Waals surface area contributed by atoms with E-state index in [1.54, 1.807) is 7.11 Å². The lowest BCUT2D eigenvalue weighted by Gasteiger charge is -2.10. The second-order valence-electron chi connectivity index (χ2n) is 1.68. The summed E-state index contributed by atoms with van der Waals surface area (Å²) in [5.74, 6) is 0. The van der Waals surface area contributed by atoms with Gasteiger partial charge in [0.15, 0.2) is 0 Å². The van der Waals surface area contributed by atoms with Crippen LogP contribution in [0.5, 0.6) is 0 Å². The molecular weight excluding hydrogens is 104 g/mol. The first kappa shape index (κ1) is 7.88. The van der Waals surface area contributed by atoms with E-state index in [4.69, 9.17) is 10.5 Å². The summed E-state index contributed by atoms with van der Waals surface area (Å²) in [4.78, 5) is 0. The molecule has 3 nitrogen and oxygen atoms in total. The summed E-state index contributed by atoms with van der Waals surface area (Å²) in [5, 5.41) is 3.00. The number of likely N-dealkylation sites (N-methyl/N-ethyl adjacent to an activating group) is 1. The predicted octanol–water partition coefficient (Wildman–Crippen LogP) is -0.820. The van der Waals surface area contributed by atoms with Gasteiger partial charge in [-0.2, -0.15) is 0 Å². The number of rotatable bonds is 4. The SMILES string of the molecule is CNC(CN)COC. The van der Waals surface area contributed by atoms with Crippen LogP contribution in [0.2, 0.25) is 0 Å². The Morgan fingerprint density at radius 3 is 2.50 bits per heavy atom. The molecule has 0 saturated heterocycles. The molecule has 0 aliphatic rings. The van der Waals surface area contributed by atoms with E-state index in [0.717, 1.165) is 0 Å². The monoisotopic (exact) mass is 118 g/mol. The zero-order chi connectivity index (χ0) is 6.41. The van der Waals surface area contributed by atoms with Gasteiger partial charge >= 0.3 is 0 Å². The highest BCUT2D eigenvalue weighted by atomic mass is 16.5. The van der Waals surface area contributed by atoms with E-state index in [9.17, 15) is 0 Å². The van der Waals surface area contributed by atoms with Gasteiger partial charge < -0.3 is 15.8 Å². The smallest absolute Gasteiger partial charge is 0.0628 e. The average molecular weight is 118 g/mol. The van der Waals surface area contributed by atoms with Crippen LogP contribution in [0.25, 0.3) is 0 Å². The molecule has 0 radical (unpaired) electrons. The number of ether oxygens (including phenoxy) is 1. The Balaban J connectivity index is 3.07. The molecule has 0 amide bonds. The van der Waals surface area contributed by atoms with Crippen molar-refractivity contribution in [2.75, 3.05) is 27.3 Å². The van der Waals surface area contributed by atoms with Crippen LogP contribution in [0, 0.1) is 0 Å². The maximum Gasteiger partial charge on any atom is 0.0628 e. The van der Waals surface area contributed by atoms with Gasteiger partial charge in [-0.05, 0) is 7.05 Å². The standard InChI is InChI=1S/C5H14N2O/c1-7-5(3-6)4-8-2/h5,7H,3-4,6H2,1-2H3. The van der Waals surface area contributed by atoms with Crippen molar-refractivity contribution in [3.63, 3.8) is 0 Å². The Kier molecular flexibility index (Phi) is 4.95. The van der Waals surface area contributed by atoms with Crippen LogP contribution in [-0.2, 0) is 4.74 Å². The molecule has 3 N–H and O–H groups in total. The maximum atomic E-state index is 5.33. The van der Waals surface area contributed by atoms with Crippen molar-refractivity contribution in [3.05, 3.63) is 0 Å². The molecule has 0 aromatic heterocycles. The van der Waals surface area contributed by atoms with Crippen LogP contribution < -0.4 is 11.1 Å². The molecule has 1 atom stereocenters. The van der Waals surface area contributed by atoms with Gasteiger partial charge in [-0.25, -0.2) is 0 Å². The fraction of sp³-hybridized carbons (Fsp3) is 1.00. The third kappa shape index (κ3) is 2.96. The van der Waals surface area contributed by atoms with Crippen LogP contribution in [0.15, 0.2) is 0 Å². The summed E-state index contributed by atoms with van der Waals surface area (Å²) < 4.78 is 4.84. The lowest BCUT2D eigenvalue weighted by Crippen LogP contribution is -2.36. The van der Waals surface area contributed by atoms with Crippen LogP contribution in [0.3, 0.4) is 0 Å². The minimum Gasteiger partial charge on any atom is -0.383 e. The molecule has 0 aliphatic heterocycles. The van der Waals surface area contributed by atoms with E-state index in [0.29, 0.717) is 19.2 Å². The first-order valence-corrected chi connectivity index (χ1v) is 2.71. The Morgan fingerprint density at radius 2 is 2.38 bits per heavy atom. The molecular formula is C5H14N2O. The highest BCUT2D eigenvalue weighted by molar-refractivity contribution is 4.61. The minimum absolute atomic E-state index is 0.306. The molecule has 8 heavy (non-hydrogen) atoms. The highest BCUT2D eigenvalue weighted by Gasteiger charge is 1.98. The number of hydrogen-bond acceptors (Lipinski definition) is 3. The van der Waals surface area contributed by atoms with Gasteiger partial charge in [0.1, 0.15) is 0 Å². The number of hydrogen-bond donors (Lipinski definition) is 2. The van der Waals surface area contributed by atoms with Crippen molar-refractivity contribution in [2.24, 2.45) is 5.73 Å². The van der Waals surface area contributed by atoms with E-state index in [-0.39, 0.29) is 0 Å². The molecule has 0 bridgehead atoms. The molecule has 3 heteroatoms. The molecule has 0 saturated carbocycles. The Bertz CT molecular complexity index is 45.7. The van der Waals surface area contributed by atoms with E-state index in [2.05, 4.69) is 5.32 Å². The fourth-order valence-corrected chi connectivity index (χ4v) is 0.470. The summed E-state index contributed by atoms with van der Waals surface area (Å²) in [6.07, 6.45) is 0. The van der Waals surface area contributed by atoms with Crippen molar-refractivity contribution in [3.8, 4) is 0 Å². The third-order valence-corrected chi connectivity index (χ3v) is 1.06. The number of nitrogens with one attached hydrogen (secondary N) is 1. The largest absolute Gasteiger partial charge is 0.383 e. The van der Waals surface area contributed by atoms with Crippen LogP contribution in [0.4, 0.5) is 0 Å². The van der Waals surface area contributed by atoms with Gasteiger partial charge in [0.05, 0.1) is 6.61 Å². The van der Waals surface area contributed by atoms with Crippen molar-refractivity contribution < 1.29 is 4.74 Å².